The van der Waals surface area contributed by atoms with Crippen LogP contribution >= 0.6 is 0 Å². The van der Waals surface area contributed by atoms with Gasteiger partial charge in [-0.15, -0.1) is 0 Å². The number of carboxylic acid groups (broad SMARTS) is 2. The van der Waals surface area contributed by atoms with Crippen molar-refractivity contribution in [3.8, 4) is 5.75 Å². The molecule has 0 aliphatic carbocycles. The molecule has 0 unspecified atom stereocenters. The number of carbonyl (C=O) groups is 2. The fourth-order valence-corrected chi connectivity index (χ4v) is 4.00. The molecule has 5 heteroatoms. The third kappa shape index (κ3) is 13.8. The maximum Gasteiger partial charge on any atom is 0.303 e. The monoisotopic (exact) mass is 434 g/mol. The van der Waals surface area contributed by atoms with Gasteiger partial charge in [-0.2, -0.15) is 0 Å². The van der Waals surface area contributed by atoms with E-state index in [9.17, 15) is 9.59 Å². The molecule has 0 fully saturated rings. The van der Waals surface area contributed by atoms with Gasteiger partial charge in [-0.3, -0.25) is 9.59 Å². The summed E-state index contributed by atoms with van der Waals surface area (Å²) in [5, 5.41) is 17.4. The molecule has 0 amide bonds. The summed E-state index contributed by atoms with van der Waals surface area (Å²) in [7, 11) is 0. The number of hydrogen-bond donors (Lipinski definition) is 2. The van der Waals surface area contributed by atoms with Crippen LogP contribution in [-0.4, -0.2) is 28.8 Å². The van der Waals surface area contributed by atoms with Crippen LogP contribution < -0.4 is 4.74 Å². The van der Waals surface area contributed by atoms with Gasteiger partial charge in [-0.05, 0) is 62.6 Å². The highest BCUT2D eigenvalue weighted by atomic mass is 16.5. The summed E-state index contributed by atoms with van der Waals surface area (Å²) in [6, 6.07) is 6.41. The molecule has 2 N–H and O–H groups in total. The van der Waals surface area contributed by atoms with E-state index in [-0.39, 0.29) is 12.8 Å². The lowest BCUT2D eigenvalue weighted by molar-refractivity contribution is -0.138. The van der Waals surface area contributed by atoms with Crippen LogP contribution in [-0.2, 0) is 22.4 Å². The van der Waals surface area contributed by atoms with Gasteiger partial charge in [0.1, 0.15) is 5.75 Å². The van der Waals surface area contributed by atoms with Crippen molar-refractivity contribution in [1.29, 1.82) is 0 Å². The Balaban J connectivity index is 2.35. The Kier molecular flexibility index (Phi) is 15.3. The van der Waals surface area contributed by atoms with Gasteiger partial charge < -0.3 is 14.9 Å². The van der Waals surface area contributed by atoms with Gasteiger partial charge in [0.2, 0.25) is 0 Å². The molecule has 0 aliphatic heterocycles. The molecule has 0 aromatic heterocycles. The van der Waals surface area contributed by atoms with Gasteiger partial charge in [0, 0.05) is 12.8 Å². The van der Waals surface area contributed by atoms with E-state index in [1.165, 1.54) is 30.4 Å². The van der Waals surface area contributed by atoms with Crippen LogP contribution in [0.5, 0.6) is 5.75 Å². The van der Waals surface area contributed by atoms with Gasteiger partial charge >= 0.3 is 11.9 Å². The van der Waals surface area contributed by atoms with Crippen LogP contribution in [0.3, 0.4) is 0 Å². The fraction of sp³-hybridized carbons (Fsp3) is 0.692. The minimum absolute atomic E-state index is 0.285. The van der Waals surface area contributed by atoms with E-state index in [4.69, 9.17) is 14.9 Å². The van der Waals surface area contributed by atoms with Crippen LogP contribution in [0.4, 0.5) is 0 Å². The largest absolute Gasteiger partial charge is 0.494 e. The molecule has 1 aromatic rings. The van der Waals surface area contributed by atoms with Crippen molar-refractivity contribution in [3.63, 3.8) is 0 Å². The first-order chi connectivity index (χ1) is 15.0. The Labute approximate surface area is 188 Å². The smallest absolute Gasteiger partial charge is 0.303 e. The highest BCUT2D eigenvalue weighted by molar-refractivity contribution is 5.66. The maximum atomic E-state index is 10.6. The Morgan fingerprint density at radius 1 is 0.710 bits per heavy atom. The van der Waals surface area contributed by atoms with Gasteiger partial charge in [-0.25, -0.2) is 0 Å². The van der Waals surface area contributed by atoms with Crippen molar-refractivity contribution in [1.82, 2.24) is 0 Å². The van der Waals surface area contributed by atoms with Crippen LogP contribution in [0.1, 0.15) is 108 Å². The third-order valence-corrected chi connectivity index (χ3v) is 5.68. The van der Waals surface area contributed by atoms with E-state index in [2.05, 4.69) is 18.2 Å². The summed E-state index contributed by atoms with van der Waals surface area (Å²) in [4.78, 5) is 21.1. The van der Waals surface area contributed by atoms with E-state index in [0.29, 0.717) is 6.61 Å². The average Bonchev–Trinajstić information content (AvgIpc) is 2.73. The van der Waals surface area contributed by atoms with Crippen LogP contribution in [0.15, 0.2) is 18.2 Å². The van der Waals surface area contributed by atoms with E-state index in [1.807, 2.05) is 6.92 Å². The van der Waals surface area contributed by atoms with Crippen molar-refractivity contribution in [3.05, 3.63) is 29.3 Å². The molecule has 1 rings (SSSR count). The van der Waals surface area contributed by atoms with E-state index in [0.717, 1.165) is 76.4 Å². The van der Waals surface area contributed by atoms with E-state index in [1.54, 1.807) is 0 Å². The zero-order valence-electron chi connectivity index (χ0n) is 19.4. The molecular formula is C26H42O5. The average molecular weight is 435 g/mol. The second-order valence-electron chi connectivity index (χ2n) is 8.36. The molecule has 31 heavy (non-hydrogen) atoms. The van der Waals surface area contributed by atoms with Crippen molar-refractivity contribution in [2.45, 2.75) is 110 Å². The number of hydrogen-bond acceptors (Lipinski definition) is 3. The molecule has 0 spiro atoms. The number of benzene rings is 1. The van der Waals surface area contributed by atoms with Gasteiger partial charge in [0.05, 0.1) is 6.61 Å². The molecule has 176 valence electrons. The number of rotatable bonds is 20. The van der Waals surface area contributed by atoms with E-state index < -0.39 is 11.9 Å². The zero-order chi connectivity index (χ0) is 22.7. The Morgan fingerprint density at radius 3 is 1.71 bits per heavy atom. The second-order valence-corrected chi connectivity index (χ2v) is 8.36. The number of aryl methyl sites for hydroxylation is 1. The van der Waals surface area contributed by atoms with E-state index >= 15 is 0 Å². The fourth-order valence-electron chi connectivity index (χ4n) is 4.00. The predicted octanol–water partition coefficient (Wildman–Crippen LogP) is 6.80. The SMILES string of the molecule is CCOc1cccc(CCCCCCCCC(=O)O)c1CCCCCCCCC(=O)O. The number of carboxylic acids is 2. The molecule has 0 saturated carbocycles. The van der Waals surface area contributed by atoms with Gasteiger partial charge in [-0.1, -0.05) is 63.5 Å². The molecular weight excluding hydrogens is 392 g/mol. The molecule has 0 bridgehead atoms. The lowest BCUT2D eigenvalue weighted by Gasteiger charge is -2.15. The first-order valence-electron chi connectivity index (χ1n) is 12.2. The Hall–Kier alpha value is -2.04. The maximum absolute atomic E-state index is 10.6. The molecule has 0 radical (unpaired) electrons. The topological polar surface area (TPSA) is 83.8 Å². The van der Waals surface area contributed by atoms with Crippen molar-refractivity contribution in [2.24, 2.45) is 0 Å². The molecule has 5 nitrogen and oxygen atoms in total. The standard InChI is InChI=1S/C26H42O5/c1-2-31-24-19-15-17-22(16-11-7-3-5-9-13-20-25(27)28)23(24)18-12-8-4-6-10-14-21-26(29)30/h15,17,19H,2-14,16,18,20-21H2,1H3,(H,27,28)(H,29,30). The highest BCUT2D eigenvalue weighted by Gasteiger charge is 2.09. The predicted molar refractivity (Wildman–Crippen MR) is 125 cm³/mol. The molecule has 0 atom stereocenters. The summed E-state index contributed by atoms with van der Waals surface area (Å²) >= 11 is 0. The molecule has 1 aromatic carbocycles. The Morgan fingerprint density at radius 2 is 1.19 bits per heavy atom. The normalized spacial score (nSPS) is 10.9. The second kappa shape index (κ2) is 17.6. The van der Waals surface area contributed by atoms with Crippen molar-refractivity contribution < 1.29 is 24.5 Å². The lowest BCUT2D eigenvalue weighted by atomic mass is 9.95. The van der Waals surface area contributed by atoms with Crippen molar-refractivity contribution >= 4 is 11.9 Å². The zero-order valence-corrected chi connectivity index (χ0v) is 19.4. The summed E-state index contributed by atoms with van der Waals surface area (Å²) in [6.07, 6.45) is 15.5. The molecule has 0 heterocycles. The summed E-state index contributed by atoms with van der Waals surface area (Å²) < 4.78 is 5.90. The molecule has 0 aliphatic rings. The lowest BCUT2D eigenvalue weighted by Crippen LogP contribution is -2.02. The van der Waals surface area contributed by atoms with Crippen molar-refractivity contribution in [2.75, 3.05) is 6.61 Å². The molecule has 0 saturated heterocycles. The summed E-state index contributed by atoms with van der Waals surface area (Å²) in [5.41, 5.74) is 2.76. The van der Waals surface area contributed by atoms with Gasteiger partial charge in [0.15, 0.2) is 0 Å². The third-order valence-electron chi connectivity index (χ3n) is 5.68. The first kappa shape index (κ1) is 27.0. The minimum Gasteiger partial charge on any atom is -0.494 e. The number of unbranched alkanes of at least 4 members (excludes halogenated alkanes) is 10. The van der Waals surface area contributed by atoms with Gasteiger partial charge in [0.25, 0.3) is 0 Å². The quantitative estimate of drug-likeness (QED) is 0.220. The van der Waals surface area contributed by atoms with Crippen LogP contribution in [0, 0.1) is 0 Å². The minimum atomic E-state index is -0.696. The number of aliphatic carboxylic acids is 2. The summed E-state index contributed by atoms with van der Waals surface area (Å²) in [5.74, 6) is -0.367. The first-order valence-corrected chi connectivity index (χ1v) is 12.2. The Bertz CT molecular complexity index is 626. The highest BCUT2D eigenvalue weighted by Crippen LogP contribution is 2.27. The van der Waals surface area contributed by atoms with Crippen LogP contribution in [0.2, 0.25) is 0 Å². The van der Waals surface area contributed by atoms with Crippen LogP contribution in [0.25, 0.3) is 0 Å². The summed E-state index contributed by atoms with van der Waals surface area (Å²) in [6.45, 7) is 2.70. The number of ether oxygens (including phenoxy) is 1.